The normalized spacial score (nSPS) is 19.1. The molecule has 2 aliphatic heterocycles. The maximum Gasteiger partial charge on any atom is 0.263 e. The molecule has 0 saturated carbocycles. The number of nitrogens with one attached hydrogen (secondary N) is 1. The molecule has 1 atom stereocenters. The number of carbonyl (C=O) groups is 1. The molecule has 27 heavy (non-hydrogen) atoms. The third-order valence-electron chi connectivity index (χ3n) is 5.51. The van der Waals surface area contributed by atoms with Crippen molar-refractivity contribution in [2.24, 2.45) is 0 Å². The zero-order chi connectivity index (χ0) is 18.4. The summed E-state index contributed by atoms with van der Waals surface area (Å²) in [5.41, 5.74) is 5.29. The van der Waals surface area contributed by atoms with E-state index in [1.807, 2.05) is 5.51 Å². The Morgan fingerprint density at radius 3 is 2.89 bits per heavy atom. The zero-order valence-electron chi connectivity index (χ0n) is 15.1. The number of nitrogens with zero attached hydrogens (tertiary/aromatic N) is 4. The molecule has 2 aromatic heterocycles. The minimum absolute atomic E-state index is 0.0321. The number of hydrogen-bond donors (Lipinski definition) is 1. The van der Waals surface area contributed by atoms with Gasteiger partial charge in [0, 0.05) is 45.2 Å². The number of anilines is 1. The second kappa shape index (κ2) is 6.85. The van der Waals surface area contributed by atoms with E-state index in [-0.39, 0.29) is 5.91 Å². The molecular formula is C19H21N5OS2. The molecule has 140 valence electrons. The van der Waals surface area contributed by atoms with Crippen molar-refractivity contribution in [3.05, 3.63) is 39.8 Å². The number of aromatic nitrogens is 2. The van der Waals surface area contributed by atoms with Crippen molar-refractivity contribution in [3.8, 4) is 0 Å². The third kappa shape index (κ3) is 3.11. The van der Waals surface area contributed by atoms with Gasteiger partial charge in [-0.1, -0.05) is 17.4 Å². The highest BCUT2D eigenvalue weighted by molar-refractivity contribution is 7.17. The van der Waals surface area contributed by atoms with Gasteiger partial charge in [0.15, 0.2) is 5.13 Å². The highest BCUT2D eigenvalue weighted by Crippen LogP contribution is 2.31. The highest BCUT2D eigenvalue weighted by Gasteiger charge is 2.27. The molecule has 3 aromatic rings. The van der Waals surface area contributed by atoms with Crippen LogP contribution in [0.3, 0.4) is 0 Å². The topological polar surface area (TPSA) is 61.4 Å². The van der Waals surface area contributed by atoms with E-state index in [0.717, 1.165) is 53.8 Å². The summed E-state index contributed by atoms with van der Waals surface area (Å²) in [4.78, 5) is 26.8. The summed E-state index contributed by atoms with van der Waals surface area (Å²) in [5.74, 6) is 0.0321. The van der Waals surface area contributed by atoms with E-state index in [9.17, 15) is 4.79 Å². The molecule has 5 rings (SSSR count). The Balaban J connectivity index is 1.27. The lowest BCUT2D eigenvalue weighted by Crippen LogP contribution is -2.47. The molecule has 1 amide bonds. The van der Waals surface area contributed by atoms with Gasteiger partial charge in [0.25, 0.3) is 5.91 Å². The number of hydrogen-bond acceptors (Lipinski definition) is 7. The molecule has 1 unspecified atom stereocenters. The van der Waals surface area contributed by atoms with Crippen LogP contribution in [-0.2, 0) is 6.42 Å². The predicted molar refractivity (Wildman–Crippen MR) is 110 cm³/mol. The average Bonchev–Trinajstić information content (AvgIpc) is 3.34. The summed E-state index contributed by atoms with van der Waals surface area (Å²) in [5, 5.41) is 3.90. The van der Waals surface area contributed by atoms with Crippen LogP contribution in [0.2, 0.25) is 0 Å². The van der Waals surface area contributed by atoms with Gasteiger partial charge in [0.1, 0.15) is 4.88 Å². The Labute approximate surface area is 165 Å². The van der Waals surface area contributed by atoms with Crippen LogP contribution in [0.25, 0.3) is 10.2 Å². The Morgan fingerprint density at radius 2 is 2.07 bits per heavy atom. The van der Waals surface area contributed by atoms with E-state index in [0.29, 0.717) is 12.6 Å². The summed E-state index contributed by atoms with van der Waals surface area (Å²) < 4.78 is 1.24. The average molecular weight is 400 g/mol. The van der Waals surface area contributed by atoms with Crippen molar-refractivity contribution in [1.29, 1.82) is 0 Å². The molecule has 0 radical (unpaired) electrons. The predicted octanol–water partition coefficient (Wildman–Crippen LogP) is 2.92. The van der Waals surface area contributed by atoms with Crippen molar-refractivity contribution in [2.45, 2.75) is 19.4 Å². The fraction of sp³-hybridized carbons (Fsp3) is 0.421. The fourth-order valence-electron chi connectivity index (χ4n) is 3.84. The van der Waals surface area contributed by atoms with E-state index >= 15 is 0 Å². The molecule has 6 nitrogen and oxygen atoms in total. The largest absolute Gasteiger partial charge is 0.351 e. The molecule has 1 fully saturated rings. The summed E-state index contributed by atoms with van der Waals surface area (Å²) in [7, 11) is 0. The van der Waals surface area contributed by atoms with Gasteiger partial charge in [-0.25, -0.2) is 9.97 Å². The first kappa shape index (κ1) is 17.1. The summed E-state index contributed by atoms with van der Waals surface area (Å²) >= 11 is 3.22. The van der Waals surface area contributed by atoms with Crippen LogP contribution < -0.4 is 10.2 Å². The highest BCUT2D eigenvalue weighted by atomic mass is 32.1. The van der Waals surface area contributed by atoms with Gasteiger partial charge in [-0.2, -0.15) is 0 Å². The lowest BCUT2D eigenvalue weighted by atomic mass is 10.1. The number of thiazole rings is 2. The molecular weight excluding hydrogens is 378 g/mol. The van der Waals surface area contributed by atoms with Gasteiger partial charge < -0.3 is 10.2 Å². The Morgan fingerprint density at radius 1 is 1.22 bits per heavy atom. The van der Waals surface area contributed by atoms with Gasteiger partial charge in [-0.05, 0) is 24.6 Å². The van der Waals surface area contributed by atoms with Gasteiger partial charge in [-0.15, -0.1) is 11.3 Å². The quantitative estimate of drug-likeness (QED) is 0.734. The molecule has 1 aromatic carbocycles. The van der Waals surface area contributed by atoms with E-state index in [1.54, 1.807) is 11.3 Å². The SMILES string of the molecule is CC(c1ccc2scnc2c1)N1CCN(c2nc3c(s2)C(=O)NCC3)CC1. The first-order valence-corrected chi connectivity index (χ1v) is 11.0. The van der Waals surface area contributed by atoms with Crippen LogP contribution in [0.15, 0.2) is 23.7 Å². The molecule has 0 bridgehead atoms. The van der Waals surface area contributed by atoms with E-state index in [2.05, 4.69) is 45.2 Å². The minimum Gasteiger partial charge on any atom is -0.351 e. The van der Waals surface area contributed by atoms with Crippen LogP contribution >= 0.6 is 22.7 Å². The maximum absolute atomic E-state index is 12.0. The monoisotopic (exact) mass is 399 g/mol. The Hall–Kier alpha value is -2.03. The Bertz CT molecular complexity index is 989. The number of benzene rings is 1. The fourth-order valence-corrected chi connectivity index (χ4v) is 5.58. The van der Waals surface area contributed by atoms with Crippen molar-refractivity contribution in [2.75, 3.05) is 37.6 Å². The van der Waals surface area contributed by atoms with Crippen LogP contribution in [0.5, 0.6) is 0 Å². The second-order valence-corrected chi connectivity index (χ2v) is 8.92. The number of carbonyl (C=O) groups excluding carboxylic acids is 1. The second-order valence-electron chi connectivity index (χ2n) is 7.06. The van der Waals surface area contributed by atoms with E-state index < -0.39 is 0 Å². The van der Waals surface area contributed by atoms with Gasteiger partial charge in [0.05, 0.1) is 21.4 Å². The van der Waals surface area contributed by atoms with Crippen LogP contribution in [0.1, 0.15) is 33.9 Å². The zero-order valence-corrected chi connectivity index (χ0v) is 16.8. The van der Waals surface area contributed by atoms with E-state index in [4.69, 9.17) is 4.98 Å². The first-order chi connectivity index (χ1) is 13.2. The number of amides is 1. The number of piperazine rings is 1. The van der Waals surface area contributed by atoms with Gasteiger partial charge >= 0.3 is 0 Å². The summed E-state index contributed by atoms with van der Waals surface area (Å²) in [6.45, 7) is 6.84. The summed E-state index contributed by atoms with van der Waals surface area (Å²) in [6, 6.07) is 7.00. The Kier molecular flexibility index (Phi) is 4.34. The van der Waals surface area contributed by atoms with E-state index in [1.165, 1.54) is 21.6 Å². The van der Waals surface area contributed by atoms with Gasteiger partial charge in [-0.3, -0.25) is 9.69 Å². The molecule has 0 spiro atoms. The molecule has 4 heterocycles. The van der Waals surface area contributed by atoms with Crippen molar-refractivity contribution >= 4 is 43.9 Å². The molecule has 1 N–H and O–H groups in total. The smallest absolute Gasteiger partial charge is 0.263 e. The van der Waals surface area contributed by atoms with Crippen molar-refractivity contribution < 1.29 is 4.79 Å². The standard InChI is InChI=1S/C19H21N5OS2/c1-12(13-2-3-16-15(10-13)21-11-26-16)23-6-8-24(9-7-23)19-22-14-4-5-20-18(25)17(14)27-19/h2-3,10-12H,4-9H2,1H3,(H,20,25). The maximum atomic E-state index is 12.0. The minimum atomic E-state index is 0.0321. The summed E-state index contributed by atoms with van der Waals surface area (Å²) in [6.07, 6.45) is 0.841. The van der Waals surface area contributed by atoms with Crippen LogP contribution in [-0.4, -0.2) is 53.5 Å². The van der Waals surface area contributed by atoms with Crippen molar-refractivity contribution in [1.82, 2.24) is 20.2 Å². The molecule has 1 saturated heterocycles. The van der Waals surface area contributed by atoms with Gasteiger partial charge in [0.2, 0.25) is 0 Å². The molecule has 2 aliphatic rings. The lowest BCUT2D eigenvalue weighted by Gasteiger charge is -2.38. The first-order valence-electron chi connectivity index (χ1n) is 9.29. The lowest BCUT2D eigenvalue weighted by molar-refractivity contribution is 0.0950. The number of rotatable bonds is 3. The number of fused-ring (bicyclic) bond motifs is 2. The third-order valence-corrected chi connectivity index (χ3v) is 7.48. The van der Waals surface area contributed by atoms with Crippen LogP contribution in [0.4, 0.5) is 5.13 Å². The molecule has 8 heteroatoms. The van der Waals surface area contributed by atoms with Crippen LogP contribution in [0, 0.1) is 0 Å². The van der Waals surface area contributed by atoms with Crippen molar-refractivity contribution in [3.63, 3.8) is 0 Å². The molecule has 0 aliphatic carbocycles.